The number of amides is 1. The molecule has 0 fully saturated rings. The van der Waals surface area contributed by atoms with Gasteiger partial charge in [0.1, 0.15) is 0 Å². The highest BCUT2D eigenvalue weighted by molar-refractivity contribution is 6.05. The lowest BCUT2D eigenvalue weighted by atomic mass is 10.1. The number of nitrogen functional groups attached to an aromatic ring is 1. The number of benzene rings is 2. The lowest BCUT2D eigenvalue weighted by Crippen LogP contribution is -2.12. The van der Waals surface area contributed by atoms with E-state index in [1.807, 2.05) is 48.6 Å². The number of carbonyl (C=O) groups excluding carboxylic acids is 1. The summed E-state index contributed by atoms with van der Waals surface area (Å²) < 4.78 is 0. The highest BCUT2D eigenvalue weighted by atomic mass is 16.1. The highest BCUT2D eigenvalue weighted by Gasteiger charge is 2.08. The standard InChI is InChI=1S/C21H17N5O/c22-16-7-9-20-17(12-16)19(25-26-20)8-6-15-13-23-11-10-18(15)24-21(27)14-4-2-1-3-5-14/h1-13H,22H2,(H,25,26)(H,23,24,27). The Balaban J connectivity index is 1.62. The fraction of sp³-hybridized carbons (Fsp3) is 0. The van der Waals surface area contributed by atoms with Crippen molar-refractivity contribution in [2.75, 3.05) is 11.1 Å². The zero-order chi connectivity index (χ0) is 18.6. The molecule has 0 saturated heterocycles. The molecular weight excluding hydrogens is 338 g/mol. The van der Waals surface area contributed by atoms with Crippen LogP contribution in [0.15, 0.2) is 67.0 Å². The molecule has 2 heterocycles. The Morgan fingerprint density at radius 2 is 1.93 bits per heavy atom. The van der Waals surface area contributed by atoms with Crippen molar-refractivity contribution >= 4 is 40.3 Å². The van der Waals surface area contributed by atoms with E-state index in [0.29, 0.717) is 16.9 Å². The molecule has 0 aliphatic rings. The summed E-state index contributed by atoms with van der Waals surface area (Å²) in [5, 5.41) is 11.2. The van der Waals surface area contributed by atoms with Gasteiger partial charge in [0.05, 0.1) is 16.9 Å². The number of hydrogen-bond acceptors (Lipinski definition) is 4. The van der Waals surface area contributed by atoms with Crippen LogP contribution in [-0.2, 0) is 0 Å². The molecule has 2 aromatic carbocycles. The van der Waals surface area contributed by atoms with E-state index in [2.05, 4.69) is 20.5 Å². The van der Waals surface area contributed by atoms with E-state index in [1.54, 1.807) is 30.6 Å². The first-order valence-electron chi connectivity index (χ1n) is 8.43. The van der Waals surface area contributed by atoms with Gasteiger partial charge in [0.2, 0.25) is 0 Å². The number of nitrogens with two attached hydrogens (primary N) is 1. The second-order valence-corrected chi connectivity index (χ2v) is 6.03. The quantitative estimate of drug-likeness (QED) is 0.483. The van der Waals surface area contributed by atoms with Gasteiger partial charge in [-0.3, -0.25) is 14.9 Å². The molecule has 1 amide bonds. The third kappa shape index (κ3) is 3.55. The predicted molar refractivity (Wildman–Crippen MR) is 108 cm³/mol. The molecular formula is C21H17N5O. The molecule has 6 heteroatoms. The Labute approximate surface area is 155 Å². The number of nitrogens with zero attached hydrogens (tertiary/aromatic N) is 2. The van der Waals surface area contributed by atoms with Crippen LogP contribution < -0.4 is 11.1 Å². The normalized spacial score (nSPS) is 11.1. The number of H-pyrrole nitrogens is 1. The zero-order valence-corrected chi connectivity index (χ0v) is 14.4. The lowest BCUT2D eigenvalue weighted by Gasteiger charge is -2.08. The molecule has 0 aliphatic carbocycles. The summed E-state index contributed by atoms with van der Waals surface area (Å²) in [5.74, 6) is -0.172. The number of nitrogens with one attached hydrogen (secondary N) is 2. The average molecular weight is 355 g/mol. The summed E-state index contributed by atoms with van der Waals surface area (Å²) in [6.45, 7) is 0. The van der Waals surface area contributed by atoms with Crippen molar-refractivity contribution < 1.29 is 4.79 Å². The average Bonchev–Trinajstić information content (AvgIpc) is 3.10. The Hall–Kier alpha value is -3.93. The Kier molecular flexibility index (Phi) is 4.37. The van der Waals surface area contributed by atoms with Crippen LogP contribution in [0.4, 0.5) is 11.4 Å². The van der Waals surface area contributed by atoms with Gasteiger partial charge in [0.15, 0.2) is 0 Å². The second kappa shape index (κ2) is 7.13. The fourth-order valence-corrected chi connectivity index (χ4v) is 2.79. The summed E-state index contributed by atoms with van der Waals surface area (Å²) in [7, 11) is 0. The minimum Gasteiger partial charge on any atom is -0.399 e. The zero-order valence-electron chi connectivity index (χ0n) is 14.4. The van der Waals surface area contributed by atoms with Gasteiger partial charge >= 0.3 is 0 Å². The maximum Gasteiger partial charge on any atom is 0.255 e. The molecule has 0 bridgehead atoms. The monoisotopic (exact) mass is 355 g/mol. The van der Waals surface area contributed by atoms with Crippen LogP contribution in [0.1, 0.15) is 21.6 Å². The van der Waals surface area contributed by atoms with Crippen molar-refractivity contribution in [3.05, 3.63) is 83.8 Å². The summed E-state index contributed by atoms with van der Waals surface area (Å²) in [4.78, 5) is 16.6. The van der Waals surface area contributed by atoms with Gasteiger partial charge in [-0.15, -0.1) is 0 Å². The van der Waals surface area contributed by atoms with Gasteiger partial charge < -0.3 is 11.1 Å². The van der Waals surface area contributed by atoms with Crippen LogP contribution in [0.5, 0.6) is 0 Å². The number of carbonyl (C=O) groups is 1. The van der Waals surface area contributed by atoms with Crippen molar-refractivity contribution in [3.63, 3.8) is 0 Å². The topological polar surface area (TPSA) is 96.7 Å². The van der Waals surface area contributed by atoms with Gasteiger partial charge in [-0.2, -0.15) is 5.10 Å². The molecule has 0 spiro atoms. The Bertz CT molecular complexity index is 1130. The predicted octanol–water partition coefficient (Wildman–Crippen LogP) is 3.96. The van der Waals surface area contributed by atoms with Gasteiger partial charge in [0, 0.05) is 34.6 Å². The highest BCUT2D eigenvalue weighted by Crippen LogP contribution is 2.22. The van der Waals surface area contributed by atoms with Gasteiger partial charge in [-0.25, -0.2) is 0 Å². The Morgan fingerprint density at radius 1 is 1.07 bits per heavy atom. The first kappa shape index (κ1) is 16.5. The number of anilines is 2. The first-order chi connectivity index (χ1) is 13.2. The van der Waals surface area contributed by atoms with Crippen molar-refractivity contribution in [1.29, 1.82) is 0 Å². The van der Waals surface area contributed by atoms with E-state index in [4.69, 9.17) is 5.73 Å². The maximum absolute atomic E-state index is 12.4. The molecule has 0 aliphatic heterocycles. The number of rotatable bonds is 4. The van der Waals surface area contributed by atoms with Gasteiger partial charge in [0.25, 0.3) is 5.91 Å². The summed E-state index contributed by atoms with van der Waals surface area (Å²) in [6, 6.07) is 16.4. The van der Waals surface area contributed by atoms with Crippen LogP contribution in [0, 0.1) is 0 Å². The molecule has 0 saturated carbocycles. The van der Waals surface area contributed by atoms with Gasteiger partial charge in [-0.1, -0.05) is 18.2 Å². The van der Waals surface area contributed by atoms with Crippen LogP contribution in [0.3, 0.4) is 0 Å². The summed E-state index contributed by atoms with van der Waals surface area (Å²) >= 11 is 0. The van der Waals surface area contributed by atoms with E-state index in [9.17, 15) is 4.79 Å². The lowest BCUT2D eigenvalue weighted by molar-refractivity contribution is 0.102. The maximum atomic E-state index is 12.4. The molecule has 27 heavy (non-hydrogen) atoms. The fourth-order valence-electron chi connectivity index (χ4n) is 2.79. The van der Waals surface area contributed by atoms with Crippen LogP contribution >= 0.6 is 0 Å². The largest absolute Gasteiger partial charge is 0.399 e. The van der Waals surface area contributed by atoms with E-state index in [0.717, 1.165) is 22.2 Å². The van der Waals surface area contributed by atoms with Crippen molar-refractivity contribution in [2.24, 2.45) is 0 Å². The van der Waals surface area contributed by atoms with E-state index < -0.39 is 0 Å². The third-order valence-corrected chi connectivity index (χ3v) is 4.17. The summed E-state index contributed by atoms with van der Waals surface area (Å²) in [6.07, 6.45) is 7.07. The first-order valence-corrected chi connectivity index (χ1v) is 8.43. The van der Waals surface area contributed by atoms with E-state index in [-0.39, 0.29) is 5.91 Å². The Morgan fingerprint density at radius 3 is 2.78 bits per heavy atom. The number of fused-ring (bicyclic) bond motifs is 1. The van der Waals surface area contributed by atoms with Crippen molar-refractivity contribution in [1.82, 2.24) is 15.2 Å². The molecule has 4 aromatic rings. The van der Waals surface area contributed by atoms with Crippen molar-refractivity contribution in [2.45, 2.75) is 0 Å². The van der Waals surface area contributed by atoms with Crippen molar-refractivity contribution in [3.8, 4) is 0 Å². The third-order valence-electron chi connectivity index (χ3n) is 4.17. The van der Waals surface area contributed by atoms with E-state index in [1.165, 1.54) is 0 Å². The number of pyridine rings is 1. The molecule has 132 valence electrons. The minimum absolute atomic E-state index is 0.172. The van der Waals surface area contributed by atoms with Gasteiger partial charge in [-0.05, 0) is 48.6 Å². The molecule has 4 rings (SSSR count). The SMILES string of the molecule is Nc1ccc2[nH]nc(C=Cc3cnccc3NC(=O)c3ccccc3)c2c1. The minimum atomic E-state index is -0.172. The van der Waals surface area contributed by atoms with E-state index >= 15 is 0 Å². The molecule has 4 N–H and O–H groups in total. The van der Waals surface area contributed by atoms with Crippen LogP contribution in [-0.4, -0.2) is 21.1 Å². The molecule has 6 nitrogen and oxygen atoms in total. The second-order valence-electron chi connectivity index (χ2n) is 6.03. The molecule has 0 unspecified atom stereocenters. The molecule has 0 radical (unpaired) electrons. The smallest absolute Gasteiger partial charge is 0.255 e. The summed E-state index contributed by atoms with van der Waals surface area (Å²) in [5.41, 5.74) is 10.3. The number of hydrogen-bond donors (Lipinski definition) is 3. The molecule has 0 atom stereocenters. The molecule has 2 aromatic heterocycles. The van der Waals surface area contributed by atoms with Crippen LogP contribution in [0.25, 0.3) is 23.1 Å². The van der Waals surface area contributed by atoms with Crippen LogP contribution in [0.2, 0.25) is 0 Å². The number of aromatic amines is 1. The number of aromatic nitrogens is 3.